The molecular weight excluding hydrogens is 144 g/mol. The van der Waals surface area contributed by atoms with Crippen LogP contribution >= 0.6 is 0 Å². The average molecular weight is 159 g/mol. The standard InChI is InChI=1S/C8H15O3/c1-4-6-10-8(9)11-7(3)5-2/h5,7H,4,6H2,1-3H3/t7-/m1/s1. The van der Waals surface area contributed by atoms with Gasteiger partial charge in [-0.2, -0.15) is 0 Å². The molecule has 3 nitrogen and oxygen atoms in total. The van der Waals surface area contributed by atoms with Crippen molar-refractivity contribution in [2.45, 2.75) is 33.3 Å². The van der Waals surface area contributed by atoms with Crippen molar-refractivity contribution in [1.29, 1.82) is 0 Å². The molecule has 0 aliphatic rings. The lowest BCUT2D eigenvalue weighted by Gasteiger charge is -2.09. The van der Waals surface area contributed by atoms with Crippen LogP contribution in [0, 0.1) is 6.42 Å². The van der Waals surface area contributed by atoms with E-state index in [-0.39, 0.29) is 6.10 Å². The van der Waals surface area contributed by atoms with Gasteiger partial charge in [-0.3, -0.25) is 0 Å². The van der Waals surface area contributed by atoms with Gasteiger partial charge in [0.1, 0.15) is 6.10 Å². The third-order valence-electron chi connectivity index (χ3n) is 1.18. The average Bonchev–Trinajstić information content (AvgIpc) is 2.00. The topological polar surface area (TPSA) is 35.5 Å². The van der Waals surface area contributed by atoms with Gasteiger partial charge < -0.3 is 9.47 Å². The van der Waals surface area contributed by atoms with Crippen molar-refractivity contribution in [1.82, 2.24) is 0 Å². The Kier molecular flexibility index (Phi) is 5.61. The molecule has 0 aromatic rings. The highest BCUT2D eigenvalue weighted by molar-refractivity contribution is 5.60. The summed E-state index contributed by atoms with van der Waals surface area (Å²) in [6, 6.07) is 0. The highest BCUT2D eigenvalue weighted by Crippen LogP contribution is 1.97. The van der Waals surface area contributed by atoms with Gasteiger partial charge in [0.2, 0.25) is 0 Å². The van der Waals surface area contributed by atoms with Gasteiger partial charge in [-0.15, -0.1) is 0 Å². The Morgan fingerprint density at radius 3 is 2.73 bits per heavy atom. The number of carbonyl (C=O) groups is 1. The second-order valence-electron chi connectivity index (χ2n) is 2.25. The summed E-state index contributed by atoms with van der Waals surface area (Å²) in [5, 5.41) is 0. The van der Waals surface area contributed by atoms with E-state index in [1.54, 1.807) is 13.3 Å². The van der Waals surface area contributed by atoms with Crippen LogP contribution in [-0.2, 0) is 9.47 Å². The van der Waals surface area contributed by atoms with E-state index in [1.807, 2.05) is 13.8 Å². The summed E-state index contributed by atoms with van der Waals surface area (Å²) in [6.45, 7) is 5.98. The lowest BCUT2D eigenvalue weighted by molar-refractivity contribution is 0.0382. The fraction of sp³-hybridized carbons (Fsp3) is 0.750. The zero-order valence-electron chi connectivity index (χ0n) is 7.29. The van der Waals surface area contributed by atoms with Crippen molar-refractivity contribution in [2.75, 3.05) is 6.61 Å². The van der Waals surface area contributed by atoms with Crippen LogP contribution in [0.25, 0.3) is 0 Å². The molecule has 0 unspecified atom stereocenters. The van der Waals surface area contributed by atoms with E-state index in [0.717, 1.165) is 6.42 Å². The molecule has 0 aromatic heterocycles. The van der Waals surface area contributed by atoms with Gasteiger partial charge in [0.25, 0.3) is 0 Å². The maximum Gasteiger partial charge on any atom is 0.508 e. The normalized spacial score (nSPS) is 12.3. The SMILES string of the molecule is C[CH][C@@H](C)OC(=O)OCCC. The minimum atomic E-state index is -0.586. The third-order valence-corrected chi connectivity index (χ3v) is 1.18. The van der Waals surface area contributed by atoms with E-state index in [1.165, 1.54) is 0 Å². The molecule has 0 saturated heterocycles. The van der Waals surface area contributed by atoms with Crippen molar-refractivity contribution < 1.29 is 14.3 Å². The van der Waals surface area contributed by atoms with Crippen molar-refractivity contribution in [3.63, 3.8) is 0 Å². The van der Waals surface area contributed by atoms with E-state index < -0.39 is 6.16 Å². The Morgan fingerprint density at radius 1 is 1.64 bits per heavy atom. The molecule has 0 aromatic carbocycles. The largest absolute Gasteiger partial charge is 0.508 e. The van der Waals surface area contributed by atoms with Gasteiger partial charge in [-0.05, 0) is 19.8 Å². The van der Waals surface area contributed by atoms with E-state index >= 15 is 0 Å². The van der Waals surface area contributed by atoms with Crippen LogP contribution < -0.4 is 0 Å². The first-order valence-corrected chi connectivity index (χ1v) is 3.83. The molecular formula is C8H15O3. The van der Waals surface area contributed by atoms with Crippen LogP contribution in [0.5, 0.6) is 0 Å². The van der Waals surface area contributed by atoms with E-state index in [9.17, 15) is 4.79 Å². The highest BCUT2D eigenvalue weighted by Gasteiger charge is 2.07. The second-order valence-corrected chi connectivity index (χ2v) is 2.25. The first-order chi connectivity index (χ1) is 5.20. The van der Waals surface area contributed by atoms with Crippen LogP contribution in [0.4, 0.5) is 4.79 Å². The van der Waals surface area contributed by atoms with Crippen LogP contribution in [0.1, 0.15) is 27.2 Å². The number of rotatable bonds is 4. The molecule has 0 amide bonds. The Hall–Kier alpha value is -0.730. The van der Waals surface area contributed by atoms with Gasteiger partial charge in [0.05, 0.1) is 6.61 Å². The summed E-state index contributed by atoms with van der Waals surface area (Å²) in [7, 11) is 0. The predicted octanol–water partition coefficient (Wildman–Crippen LogP) is 2.16. The number of ether oxygens (including phenoxy) is 2. The summed E-state index contributed by atoms with van der Waals surface area (Å²) in [6.07, 6.45) is 1.85. The van der Waals surface area contributed by atoms with Crippen LogP contribution in [0.15, 0.2) is 0 Å². The van der Waals surface area contributed by atoms with Crippen molar-refractivity contribution in [3.05, 3.63) is 6.42 Å². The van der Waals surface area contributed by atoms with Crippen LogP contribution in [-0.4, -0.2) is 18.9 Å². The fourth-order valence-corrected chi connectivity index (χ4v) is 0.439. The summed E-state index contributed by atoms with van der Waals surface area (Å²) < 4.78 is 9.47. The fourth-order valence-electron chi connectivity index (χ4n) is 0.439. The number of carbonyl (C=O) groups excluding carboxylic acids is 1. The maximum atomic E-state index is 10.7. The third kappa shape index (κ3) is 5.70. The minimum Gasteiger partial charge on any atom is -0.434 e. The molecule has 11 heavy (non-hydrogen) atoms. The van der Waals surface area contributed by atoms with Crippen molar-refractivity contribution in [3.8, 4) is 0 Å². The lowest BCUT2D eigenvalue weighted by Crippen LogP contribution is -2.15. The zero-order chi connectivity index (χ0) is 8.69. The second kappa shape index (κ2) is 6.01. The van der Waals surface area contributed by atoms with Crippen molar-refractivity contribution >= 4 is 6.16 Å². The van der Waals surface area contributed by atoms with Crippen LogP contribution in [0.2, 0.25) is 0 Å². The Morgan fingerprint density at radius 2 is 2.27 bits per heavy atom. The van der Waals surface area contributed by atoms with E-state index in [4.69, 9.17) is 4.74 Å². The molecule has 0 saturated carbocycles. The molecule has 0 N–H and O–H groups in total. The quantitative estimate of drug-likeness (QED) is 0.589. The summed E-state index contributed by atoms with van der Waals surface area (Å²) in [5.74, 6) is 0. The molecule has 1 atom stereocenters. The Bertz CT molecular complexity index is 112. The molecule has 0 fully saturated rings. The monoisotopic (exact) mass is 159 g/mol. The molecule has 0 bridgehead atoms. The van der Waals surface area contributed by atoms with Gasteiger partial charge in [-0.1, -0.05) is 13.8 Å². The Balaban J connectivity index is 3.36. The van der Waals surface area contributed by atoms with Gasteiger partial charge in [-0.25, -0.2) is 4.79 Å². The molecule has 0 rings (SSSR count). The van der Waals surface area contributed by atoms with Crippen LogP contribution in [0.3, 0.4) is 0 Å². The molecule has 0 aliphatic heterocycles. The summed E-state index contributed by atoms with van der Waals surface area (Å²) >= 11 is 0. The van der Waals surface area contributed by atoms with Gasteiger partial charge in [0, 0.05) is 0 Å². The smallest absolute Gasteiger partial charge is 0.434 e. The number of hydrogen-bond donors (Lipinski definition) is 0. The molecule has 0 heterocycles. The van der Waals surface area contributed by atoms with Crippen molar-refractivity contribution in [2.24, 2.45) is 0 Å². The highest BCUT2D eigenvalue weighted by atomic mass is 16.7. The predicted molar refractivity (Wildman–Crippen MR) is 42.2 cm³/mol. The maximum absolute atomic E-state index is 10.7. The van der Waals surface area contributed by atoms with Gasteiger partial charge in [0.15, 0.2) is 0 Å². The Labute approximate surface area is 67.7 Å². The van der Waals surface area contributed by atoms with E-state index in [0.29, 0.717) is 6.61 Å². The zero-order valence-corrected chi connectivity index (χ0v) is 7.29. The first-order valence-electron chi connectivity index (χ1n) is 3.83. The molecule has 3 heteroatoms. The molecule has 0 aliphatic carbocycles. The summed E-state index contributed by atoms with van der Waals surface area (Å²) in [4.78, 5) is 10.7. The summed E-state index contributed by atoms with van der Waals surface area (Å²) in [5.41, 5.74) is 0. The molecule has 0 spiro atoms. The van der Waals surface area contributed by atoms with E-state index in [2.05, 4.69) is 4.74 Å². The molecule has 65 valence electrons. The first kappa shape index (κ1) is 10.3. The molecule has 1 radical (unpaired) electrons. The van der Waals surface area contributed by atoms with Gasteiger partial charge >= 0.3 is 6.16 Å². The minimum absolute atomic E-state index is 0.167. The lowest BCUT2D eigenvalue weighted by atomic mass is 10.3. The number of hydrogen-bond acceptors (Lipinski definition) is 3.